The first-order valence-corrected chi connectivity index (χ1v) is 47.7. The summed E-state index contributed by atoms with van der Waals surface area (Å²) in [4.78, 5) is 45.0. The van der Waals surface area contributed by atoms with Crippen molar-refractivity contribution >= 4 is 17.9 Å². The van der Waals surface area contributed by atoms with Crippen LogP contribution in [0.4, 0.5) is 0 Å². The molecule has 8 heterocycles. The number of hydrogen-bond acceptors (Lipinski definition) is 43. The molecule has 137 heavy (non-hydrogen) atoms. The van der Waals surface area contributed by atoms with Crippen LogP contribution in [0, 0.1) is 50.2 Å². The number of aliphatic hydroxyl groups excluding tert-OH is 20. The van der Waals surface area contributed by atoms with Crippen LogP contribution in [0.25, 0.3) is 0 Å². The van der Waals surface area contributed by atoms with Gasteiger partial charge in [-0.15, -0.1) is 13.2 Å². The zero-order valence-electron chi connectivity index (χ0n) is 79.5. The zero-order chi connectivity index (χ0) is 101. The van der Waals surface area contributed by atoms with Crippen LogP contribution in [0.15, 0.2) is 60.3 Å². The standard InChI is InChI=1S/C94H148O43/c1-15-89(10,118)25-17-19-40(3)76(115)131-72-56(101)41(4)126-84(75(72)132-77(116)43(33-95)20-18-26-90(11,119)16-2)125-39-51-61(106)63(108)74(136-81-68(113)64(109)70(42(5)127-81)133-80-69(114)71(49(99)37-122-80)134-78-65(110)57(102)46(96)34-120-78)85(129-51)137-86(117)94-30-29-87(6,7)31-45(94)44-21-22-53-91(12)27-24-55(88(8,9)52(91)23-28-92(53,13)93(44,14)32-54(94)100)130-82-67(112)62(107)60(105)50(128-82)38-124-83-73(59(104)48(98)36-123-83)135-79-66(111)58(103)47(97)35-121-79/h15-16,19-20,31,41-42,44,46-75,78-85,95-114,118-119H,1-2,17-18,21-30,32-39H2,3-14H3/b40-19+,43-20+/t41-,42-,44+,46+,47+,48-,49+,50+,51+,52-,53+,54+,55-,56-,57-,58-,59-,60+,61+,62-,63-,64-,65+,66+,67+,68+,69+,70-,71-,72+,73+,74+,75+,78-,79-,80-,81-,82-,83-,84+,85-,89?,90?,91-,92+,93+,94+/m0/s1. The maximum Gasteiger partial charge on any atom is 0.336 e. The summed E-state index contributed by atoms with van der Waals surface area (Å²) >= 11 is 0. The highest BCUT2D eigenvalue weighted by molar-refractivity contribution is 5.89. The topological polar surface area (TPSA) is 662 Å². The number of esters is 3. The molecule has 4 saturated carbocycles. The van der Waals surface area contributed by atoms with E-state index in [0.717, 1.165) is 0 Å². The van der Waals surface area contributed by atoms with Crippen LogP contribution < -0.4 is 0 Å². The Morgan fingerprint density at radius 3 is 1.54 bits per heavy atom. The fraction of sp³-hybridized carbons (Fsp3) is 0.862. The first-order valence-electron chi connectivity index (χ1n) is 47.7. The van der Waals surface area contributed by atoms with Crippen molar-refractivity contribution in [1.29, 1.82) is 0 Å². The minimum absolute atomic E-state index is 0.00986. The van der Waals surface area contributed by atoms with Gasteiger partial charge in [0.15, 0.2) is 62.3 Å². The summed E-state index contributed by atoms with van der Waals surface area (Å²) < 4.78 is 109. The van der Waals surface area contributed by atoms with E-state index < -0.39 is 347 Å². The molecule has 0 aromatic rings. The minimum Gasteiger partial charge on any atom is -0.452 e. The first-order chi connectivity index (χ1) is 64.1. The molecule has 43 heteroatoms. The Balaban J connectivity index is 0.759. The van der Waals surface area contributed by atoms with Crippen LogP contribution in [0.3, 0.4) is 0 Å². The Kier molecular flexibility index (Phi) is 34.8. The maximum atomic E-state index is 16.6. The Labute approximate surface area is 794 Å². The molecule has 0 aromatic heterocycles. The molecule has 13 aliphatic rings. The van der Waals surface area contributed by atoms with Crippen LogP contribution in [0.2, 0.25) is 0 Å². The van der Waals surface area contributed by atoms with E-state index in [2.05, 4.69) is 47.8 Å². The lowest BCUT2D eigenvalue weighted by Gasteiger charge is -2.73. The molecule has 8 saturated heterocycles. The molecule has 5 aliphatic carbocycles. The second kappa shape index (κ2) is 43.3. The number of hydrogen-bond donors (Lipinski definition) is 22. The summed E-state index contributed by atoms with van der Waals surface area (Å²) in [6.07, 6.45) is -54.9. The van der Waals surface area contributed by atoms with E-state index in [9.17, 15) is 122 Å². The quantitative estimate of drug-likeness (QED) is 0.0104. The zero-order valence-corrected chi connectivity index (χ0v) is 79.5. The summed E-state index contributed by atoms with van der Waals surface area (Å²) in [6.45, 7) is 24.8. The van der Waals surface area contributed by atoms with E-state index in [1.165, 1.54) is 58.9 Å². The molecule has 0 bridgehead atoms. The number of rotatable bonds is 31. The molecule has 0 amide bonds. The molecule has 2 unspecified atom stereocenters. The smallest absolute Gasteiger partial charge is 0.336 e. The Bertz CT molecular complexity index is 4190. The molecule has 0 radical (unpaired) electrons. The van der Waals surface area contributed by atoms with Gasteiger partial charge in [0.2, 0.25) is 6.29 Å². The maximum absolute atomic E-state index is 16.6. The third kappa shape index (κ3) is 22.1. The largest absolute Gasteiger partial charge is 0.452 e. The predicted molar refractivity (Wildman–Crippen MR) is 465 cm³/mol. The number of ether oxygens (including phenoxy) is 18. The van der Waals surface area contributed by atoms with Gasteiger partial charge in [0.25, 0.3) is 0 Å². The minimum atomic E-state index is -2.29. The second-order valence-corrected chi connectivity index (χ2v) is 42.5. The number of aliphatic hydroxyl groups is 22. The molecule has 13 rings (SSSR count). The molecule has 47 atom stereocenters. The molecular formula is C94H148O43. The van der Waals surface area contributed by atoms with Crippen molar-refractivity contribution in [2.75, 3.05) is 46.2 Å². The van der Waals surface area contributed by atoms with Gasteiger partial charge in [0.05, 0.1) is 87.4 Å². The van der Waals surface area contributed by atoms with Gasteiger partial charge in [-0.2, -0.15) is 0 Å². The lowest BCUT2D eigenvalue weighted by molar-refractivity contribution is -0.381. The van der Waals surface area contributed by atoms with Crippen molar-refractivity contribution in [2.24, 2.45) is 50.2 Å². The van der Waals surface area contributed by atoms with E-state index in [4.69, 9.17) is 85.3 Å². The highest BCUT2D eigenvalue weighted by Gasteiger charge is 2.73. The average molecular weight is 1970 g/mol. The van der Waals surface area contributed by atoms with E-state index in [1.54, 1.807) is 0 Å². The Hall–Kier alpha value is -4.37. The molecule has 12 fully saturated rings. The van der Waals surface area contributed by atoms with Crippen LogP contribution in [-0.2, 0) is 99.6 Å². The number of fused-ring (bicyclic) bond motifs is 7. The van der Waals surface area contributed by atoms with Crippen molar-refractivity contribution in [3.63, 3.8) is 0 Å². The van der Waals surface area contributed by atoms with Gasteiger partial charge in [-0.25, -0.2) is 9.59 Å². The molecule has 0 aromatic carbocycles. The SMILES string of the molecule is C=CC(C)(O)CC/C=C(\C)C(=O)O[C@@H]1[C@@H](O)[C@H](C)O[C@@H](OC[C@H]2O[C@@H](OC(=O)[C@]34CCC(C)(C)C=C3[C@H]3CC[C@@H]5[C@@]6(C)CC[C@H](O[C@@H]7O[C@H](CO[C@@H]8OC[C@H](O)[C@H](O)[C@H]8O[C@@H]8OC[C@@H](O)[C@H](O)[C@H]8O)[C@@H](O)[C@H](O)[C@H]7O)C(C)(C)[C@@H]6CC[C@@]5(C)[C@]3(C)C[C@H]4O)[C@H](O[C@@H]3O[C@@H](C)[C@H](O[C@@H]4OC[C@@H](O)[C@H](O[C@@H]5OC[C@@H](O)[C@H](O)[C@H]5O)[C@H]4O)[C@@H](O)[C@H]3O)[C@@H](O)[C@@H]2O)[C@@H]1OC(=O)/C(=C/CCC(C)(O)C=C)CO. The summed E-state index contributed by atoms with van der Waals surface area (Å²) in [5, 5.41) is 248. The average Bonchev–Trinajstić information content (AvgIpc) is 0.668. The fourth-order valence-electron chi connectivity index (χ4n) is 23.5. The van der Waals surface area contributed by atoms with E-state index in [0.29, 0.717) is 50.5 Å². The second-order valence-electron chi connectivity index (χ2n) is 42.5. The first kappa shape index (κ1) is 110. The van der Waals surface area contributed by atoms with Gasteiger partial charge in [-0.05, 0) is 163 Å². The van der Waals surface area contributed by atoms with Crippen LogP contribution in [0.5, 0.6) is 0 Å². The van der Waals surface area contributed by atoms with E-state index in [-0.39, 0.29) is 61.5 Å². The van der Waals surface area contributed by atoms with Gasteiger partial charge >= 0.3 is 17.9 Å². The van der Waals surface area contributed by atoms with Crippen molar-refractivity contribution in [1.82, 2.24) is 0 Å². The van der Waals surface area contributed by atoms with E-state index in [1.807, 2.05) is 19.9 Å². The molecule has 782 valence electrons. The van der Waals surface area contributed by atoms with Crippen LogP contribution in [-0.4, -0.2) is 421 Å². The summed E-state index contributed by atoms with van der Waals surface area (Å²) in [5.74, 6) is -3.89. The highest BCUT2D eigenvalue weighted by atomic mass is 16.8. The third-order valence-electron chi connectivity index (χ3n) is 32.4. The van der Waals surface area contributed by atoms with Gasteiger partial charge in [0.1, 0.15) is 146 Å². The van der Waals surface area contributed by atoms with Crippen molar-refractivity contribution in [3.05, 3.63) is 60.3 Å². The van der Waals surface area contributed by atoms with Gasteiger partial charge < -0.3 is 198 Å². The lowest BCUT2D eigenvalue weighted by atomic mass is 9.32. The molecular weight excluding hydrogens is 1820 g/mol. The highest BCUT2D eigenvalue weighted by Crippen LogP contribution is 2.77. The predicted octanol–water partition coefficient (Wildman–Crippen LogP) is -3.75. The summed E-state index contributed by atoms with van der Waals surface area (Å²) in [5.41, 5.74) is -7.53. The molecule has 8 aliphatic heterocycles. The van der Waals surface area contributed by atoms with Crippen LogP contribution >= 0.6 is 0 Å². The normalized spacial score (nSPS) is 48.3. The summed E-state index contributed by atoms with van der Waals surface area (Å²) in [6, 6.07) is 0. The lowest BCUT2D eigenvalue weighted by Crippen LogP contribution is -2.69. The van der Waals surface area contributed by atoms with Crippen LogP contribution in [0.1, 0.15) is 167 Å². The monoisotopic (exact) mass is 1960 g/mol. The van der Waals surface area contributed by atoms with Gasteiger partial charge in [-0.1, -0.05) is 84.4 Å². The third-order valence-corrected chi connectivity index (χ3v) is 32.4. The Morgan fingerprint density at radius 2 is 0.934 bits per heavy atom. The summed E-state index contributed by atoms with van der Waals surface area (Å²) in [7, 11) is 0. The number of carbonyl (C=O) groups is 3. The number of carbonyl (C=O) groups excluding carboxylic acids is 3. The van der Waals surface area contributed by atoms with Crippen molar-refractivity contribution < 1.29 is 212 Å². The van der Waals surface area contributed by atoms with Crippen molar-refractivity contribution in [2.45, 2.75) is 411 Å². The number of allylic oxidation sites excluding steroid dienone is 3. The molecule has 22 N–H and O–H groups in total. The van der Waals surface area contributed by atoms with Gasteiger partial charge in [-0.3, -0.25) is 4.79 Å². The van der Waals surface area contributed by atoms with Crippen molar-refractivity contribution in [3.8, 4) is 0 Å². The molecule has 0 spiro atoms. The fourth-order valence-corrected chi connectivity index (χ4v) is 23.5. The molecule has 43 nitrogen and oxygen atoms in total. The van der Waals surface area contributed by atoms with Gasteiger partial charge in [0, 0.05) is 5.57 Å². The Morgan fingerprint density at radius 1 is 0.445 bits per heavy atom. The van der Waals surface area contributed by atoms with E-state index >= 15 is 4.79 Å².